The summed E-state index contributed by atoms with van der Waals surface area (Å²) >= 11 is 1.71. The minimum atomic E-state index is 0.223. The minimum absolute atomic E-state index is 0.223. The molecule has 0 aliphatic carbocycles. The molecule has 2 heterocycles. The number of rotatable bonds is 4. The van der Waals surface area contributed by atoms with Gasteiger partial charge in [-0.15, -0.1) is 11.3 Å². The van der Waals surface area contributed by atoms with E-state index in [-0.39, 0.29) is 5.41 Å². The van der Waals surface area contributed by atoms with Crippen molar-refractivity contribution in [1.29, 1.82) is 0 Å². The fourth-order valence-corrected chi connectivity index (χ4v) is 2.64. The maximum absolute atomic E-state index is 4.58. The second-order valence-electron chi connectivity index (χ2n) is 5.92. The Balaban J connectivity index is 2.38. The van der Waals surface area contributed by atoms with E-state index in [1.54, 1.807) is 11.3 Å². The molecule has 104 valence electrons. The maximum Gasteiger partial charge on any atom is 0.226 e. The zero-order chi connectivity index (χ0) is 14.0. The number of nitrogens with zero attached hydrogens (tertiary/aromatic N) is 2. The summed E-state index contributed by atoms with van der Waals surface area (Å²) in [7, 11) is 0. The lowest BCUT2D eigenvalue weighted by molar-refractivity contribution is 0.442. The molecule has 0 atom stereocenters. The summed E-state index contributed by atoms with van der Waals surface area (Å²) in [5.41, 5.74) is 0.223. The van der Waals surface area contributed by atoms with Crippen LogP contribution in [0.1, 0.15) is 32.6 Å². The van der Waals surface area contributed by atoms with Crippen LogP contribution in [0.15, 0.2) is 6.07 Å². The van der Waals surface area contributed by atoms with E-state index in [9.17, 15) is 0 Å². The number of hydrogen-bond donors (Lipinski definition) is 2. The van der Waals surface area contributed by atoms with E-state index in [0.29, 0.717) is 5.95 Å². The molecule has 0 saturated heterocycles. The van der Waals surface area contributed by atoms with Gasteiger partial charge in [0.2, 0.25) is 5.95 Å². The maximum atomic E-state index is 4.58. The van der Waals surface area contributed by atoms with Crippen LogP contribution in [0.25, 0.3) is 10.2 Å². The lowest BCUT2D eigenvalue weighted by atomic mass is 9.97. The Morgan fingerprint density at radius 2 is 1.95 bits per heavy atom. The molecule has 0 unspecified atom stereocenters. The normalized spacial score (nSPS) is 11.8. The Bertz CT molecular complexity index is 569. The van der Waals surface area contributed by atoms with Crippen molar-refractivity contribution < 1.29 is 0 Å². The van der Waals surface area contributed by atoms with E-state index in [2.05, 4.69) is 61.3 Å². The molecule has 0 aliphatic rings. The summed E-state index contributed by atoms with van der Waals surface area (Å²) in [6, 6.07) is 2.15. The predicted molar refractivity (Wildman–Crippen MR) is 84.3 cm³/mol. The summed E-state index contributed by atoms with van der Waals surface area (Å²) in [6.45, 7) is 12.5. The van der Waals surface area contributed by atoms with E-state index < -0.39 is 0 Å². The van der Waals surface area contributed by atoms with Crippen molar-refractivity contribution in [1.82, 2.24) is 9.97 Å². The van der Waals surface area contributed by atoms with Gasteiger partial charge in [-0.1, -0.05) is 20.8 Å². The van der Waals surface area contributed by atoms with Crippen molar-refractivity contribution in [3.8, 4) is 0 Å². The smallest absolute Gasteiger partial charge is 0.226 e. The van der Waals surface area contributed by atoms with E-state index in [1.165, 1.54) is 4.88 Å². The van der Waals surface area contributed by atoms with Gasteiger partial charge in [0.25, 0.3) is 0 Å². The van der Waals surface area contributed by atoms with Gasteiger partial charge in [-0.05, 0) is 25.3 Å². The van der Waals surface area contributed by atoms with Crippen LogP contribution in [0.5, 0.6) is 0 Å². The molecule has 0 spiro atoms. The average Bonchev–Trinajstić information content (AvgIpc) is 2.65. The van der Waals surface area contributed by atoms with Crippen LogP contribution in [-0.4, -0.2) is 23.1 Å². The molecule has 0 radical (unpaired) electrons. The first-order valence-corrected chi connectivity index (χ1v) is 7.46. The van der Waals surface area contributed by atoms with Crippen molar-refractivity contribution in [2.75, 3.05) is 23.7 Å². The molecule has 0 saturated carbocycles. The van der Waals surface area contributed by atoms with Crippen LogP contribution in [-0.2, 0) is 0 Å². The third-order valence-corrected chi connectivity index (χ3v) is 3.58. The Morgan fingerprint density at radius 1 is 1.21 bits per heavy atom. The van der Waals surface area contributed by atoms with E-state index in [4.69, 9.17) is 0 Å². The van der Waals surface area contributed by atoms with Crippen LogP contribution in [0.4, 0.5) is 11.8 Å². The highest BCUT2D eigenvalue weighted by Crippen LogP contribution is 2.30. The van der Waals surface area contributed by atoms with Crippen LogP contribution >= 0.6 is 11.3 Å². The summed E-state index contributed by atoms with van der Waals surface area (Å²) in [5, 5.41) is 7.77. The number of anilines is 2. The molecule has 2 rings (SSSR count). The molecule has 4 nitrogen and oxygen atoms in total. The Labute approximate surface area is 118 Å². The summed E-state index contributed by atoms with van der Waals surface area (Å²) in [6.07, 6.45) is 0. The van der Waals surface area contributed by atoms with Crippen LogP contribution < -0.4 is 10.6 Å². The average molecular weight is 278 g/mol. The van der Waals surface area contributed by atoms with Crippen molar-refractivity contribution in [2.45, 2.75) is 34.6 Å². The molecular formula is C14H22N4S. The van der Waals surface area contributed by atoms with Gasteiger partial charge in [0, 0.05) is 18.0 Å². The molecule has 19 heavy (non-hydrogen) atoms. The zero-order valence-electron chi connectivity index (χ0n) is 12.3. The second-order valence-corrected chi connectivity index (χ2v) is 7.15. The summed E-state index contributed by atoms with van der Waals surface area (Å²) < 4.78 is 0. The molecule has 5 heteroatoms. The van der Waals surface area contributed by atoms with Crippen molar-refractivity contribution >= 4 is 33.3 Å². The molecule has 0 aliphatic heterocycles. The van der Waals surface area contributed by atoms with Gasteiger partial charge in [-0.2, -0.15) is 4.98 Å². The first-order valence-electron chi connectivity index (χ1n) is 6.65. The van der Waals surface area contributed by atoms with Gasteiger partial charge < -0.3 is 10.6 Å². The van der Waals surface area contributed by atoms with Crippen LogP contribution in [0, 0.1) is 12.3 Å². The second kappa shape index (κ2) is 5.33. The van der Waals surface area contributed by atoms with Gasteiger partial charge in [0.15, 0.2) is 0 Å². The zero-order valence-corrected chi connectivity index (χ0v) is 13.1. The molecule has 0 aromatic carbocycles. The number of aryl methyl sites for hydroxylation is 1. The Kier molecular flexibility index (Phi) is 3.94. The monoisotopic (exact) mass is 278 g/mol. The standard InChI is InChI=1S/C14H22N4S/c1-6-15-13-17-11(16-8-14(3,4)5)10-7-9(2)19-12(10)18-13/h7H,6,8H2,1-5H3,(H2,15,16,17,18). The number of aromatic nitrogens is 2. The number of hydrogen-bond acceptors (Lipinski definition) is 5. The SMILES string of the molecule is CCNc1nc(NCC(C)(C)C)c2cc(C)sc2n1. The quantitative estimate of drug-likeness (QED) is 0.891. The number of nitrogens with one attached hydrogen (secondary N) is 2. The third kappa shape index (κ3) is 3.56. The predicted octanol–water partition coefficient (Wildman–Crippen LogP) is 3.89. The highest BCUT2D eigenvalue weighted by atomic mass is 32.1. The summed E-state index contributed by atoms with van der Waals surface area (Å²) in [5.74, 6) is 1.63. The highest BCUT2D eigenvalue weighted by molar-refractivity contribution is 7.18. The van der Waals surface area contributed by atoms with Crippen molar-refractivity contribution in [3.63, 3.8) is 0 Å². The van der Waals surface area contributed by atoms with Gasteiger partial charge in [0.1, 0.15) is 10.6 Å². The lowest BCUT2D eigenvalue weighted by Gasteiger charge is -2.19. The first kappa shape index (κ1) is 14.1. The highest BCUT2D eigenvalue weighted by Gasteiger charge is 2.14. The van der Waals surface area contributed by atoms with Crippen molar-refractivity contribution in [2.24, 2.45) is 5.41 Å². The van der Waals surface area contributed by atoms with Crippen LogP contribution in [0.3, 0.4) is 0 Å². The topological polar surface area (TPSA) is 49.8 Å². The molecule has 0 fully saturated rings. The first-order chi connectivity index (χ1) is 8.89. The van der Waals surface area contributed by atoms with Gasteiger partial charge in [0.05, 0.1) is 5.39 Å². The Hall–Kier alpha value is -1.36. The van der Waals surface area contributed by atoms with Gasteiger partial charge >= 0.3 is 0 Å². The van der Waals surface area contributed by atoms with E-state index >= 15 is 0 Å². The molecule has 2 N–H and O–H groups in total. The van der Waals surface area contributed by atoms with E-state index in [0.717, 1.165) is 29.1 Å². The fraction of sp³-hybridized carbons (Fsp3) is 0.571. The largest absolute Gasteiger partial charge is 0.369 e. The summed E-state index contributed by atoms with van der Waals surface area (Å²) in [4.78, 5) is 11.4. The number of thiophene rings is 1. The van der Waals surface area contributed by atoms with Gasteiger partial charge in [-0.25, -0.2) is 4.98 Å². The lowest BCUT2D eigenvalue weighted by Crippen LogP contribution is -2.20. The van der Waals surface area contributed by atoms with E-state index in [1.807, 2.05) is 0 Å². The molecule has 0 bridgehead atoms. The molecule has 0 amide bonds. The number of fused-ring (bicyclic) bond motifs is 1. The molecule has 2 aromatic heterocycles. The van der Waals surface area contributed by atoms with Crippen molar-refractivity contribution in [3.05, 3.63) is 10.9 Å². The van der Waals surface area contributed by atoms with Crippen LogP contribution in [0.2, 0.25) is 0 Å². The third-order valence-electron chi connectivity index (χ3n) is 2.64. The molecular weight excluding hydrogens is 256 g/mol. The fourth-order valence-electron chi connectivity index (χ4n) is 1.76. The molecule has 2 aromatic rings. The van der Waals surface area contributed by atoms with Gasteiger partial charge in [-0.3, -0.25) is 0 Å². The minimum Gasteiger partial charge on any atom is -0.369 e. The Morgan fingerprint density at radius 3 is 2.58 bits per heavy atom.